The van der Waals surface area contributed by atoms with Gasteiger partial charge in [-0.15, -0.1) is 0 Å². The van der Waals surface area contributed by atoms with Gasteiger partial charge in [-0.3, -0.25) is 14.5 Å². The van der Waals surface area contributed by atoms with Crippen molar-refractivity contribution in [1.29, 1.82) is 0 Å². The van der Waals surface area contributed by atoms with Crippen LogP contribution in [0.4, 0.5) is 0 Å². The third kappa shape index (κ3) is 4.04. The third-order valence-electron chi connectivity index (χ3n) is 3.71. The van der Waals surface area contributed by atoms with Crippen molar-refractivity contribution in [3.8, 4) is 0 Å². The predicted octanol–water partition coefficient (Wildman–Crippen LogP) is 1.28. The highest BCUT2D eigenvalue weighted by Crippen LogP contribution is 2.18. The highest BCUT2D eigenvalue weighted by atomic mass is 16.5. The summed E-state index contributed by atoms with van der Waals surface area (Å²) in [6.07, 6.45) is 0.752. The molecule has 1 aliphatic heterocycles. The molecule has 1 aliphatic rings. The van der Waals surface area contributed by atoms with Crippen molar-refractivity contribution < 1.29 is 14.3 Å². The maximum atomic E-state index is 12.2. The standard InChI is InChI=1S/C16H22N2O3/c1-3-21-15(19)12-18(11-13-7-5-4-6-8-13)14-9-10-17(2)16(14)20/h4-8,14H,3,9-12H2,1-2H3. The van der Waals surface area contributed by atoms with Crippen molar-refractivity contribution in [1.82, 2.24) is 9.80 Å². The number of amides is 1. The highest BCUT2D eigenvalue weighted by Gasteiger charge is 2.35. The van der Waals surface area contributed by atoms with Gasteiger partial charge in [0.1, 0.15) is 0 Å². The van der Waals surface area contributed by atoms with Crippen LogP contribution in [0.15, 0.2) is 30.3 Å². The first kappa shape index (κ1) is 15.5. The molecule has 1 aromatic rings. The molecule has 1 amide bonds. The molecule has 0 bridgehead atoms. The summed E-state index contributed by atoms with van der Waals surface area (Å²) < 4.78 is 5.03. The van der Waals surface area contributed by atoms with Gasteiger partial charge in [0.25, 0.3) is 0 Å². The average Bonchev–Trinajstić information content (AvgIpc) is 2.80. The number of benzene rings is 1. The number of esters is 1. The molecule has 0 radical (unpaired) electrons. The lowest BCUT2D eigenvalue weighted by Gasteiger charge is -2.26. The molecule has 114 valence electrons. The van der Waals surface area contributed by atoms with Gasteiger partial charge in [-0.2, -0.15) is 0 Å². The van der Waals surface area contributed by atoms with Gasteiger partial charge in [0.05, 0.1) is 19.2 Å². The van der Waals surface area contributed by atoms with E-state index in [1.807, 2.05) is 35.2 Å². The Morgan fingerprint density at radius 2 is 2.10 bits per heavy atom. The molecule has 5 heteroatoms. The molecular weight excluding hydrogens is 268 g/mol. The third-order valence-corrected chi connectivity index (χ3v) is 3.71. The van der Waals surface area contributed by atoms with Crippen LogP contribution in [-0.2, 0) is 20.9 Å². The van der Waals surface area contributed by atoms with Crippen LogP contribution in [0.5, 0.6) is 0 Å². The molecule has 1 saturated heterocycles. The fourth-order valence-electron chi connectivity index (χ4n) is 2.61. The zero-order chi connectivity index (χ0) is 15.2. The molecule has 2 rings (SSSR count). The Bertz CT molecular complexity index is 490. The van der Waals surface area contributed by atoms with Crippen LogP contribution in [0.3, 0.4) is 0 Å². The molecule has 0 aromatic heterocycles. The molecule has 0 saturated carbocycles. The Morgan fingerprint density at radius 3 is 2.67 bits per heavy atom. The van der Waals surface area contributed by atoms with Crippen molar-refractivity contribution >= 4 is 11.9 Å². The van der Waals surface area contributed by atoms with Gasteiger partial charge in [-0.05, 0) is 18.9 Å². The van der Waals surface area contributed by atoms with Crippen molar-refractivity contribution in [3.63, 3.8) is 0 Å². The number of carbonyl (C=O) groups is 2. The summed E-state index contributed by atoms with van der Waals surface area (Å²) in [5.41, 5.74) is 1.09. The minimum atomic E-state index is -0.282. The number of hydrogen-bond acceptors (Lipinski definition) is 4. The number of hydrogen-bond donors (Lipinski definition) is 0. The molecule has 0 aliphatic carbocycles. The van der Waals surface area contributed by atoms with Gasteiger partial charge < -0.3 is 9.64 Å². The summed E-state index contributed by atoms with van der Waals surface area (Å²) in [5.74, 6) is -0.203. The molecule has 1 heterocycles. The monoisotopic (exact) mass is 290 g/mol. The minimum Gasteiger partial charge on any atom is -0.465 e. The molecule has 5 nitrogen and oxygen atoms in total. The summed E-state index contributed by atoms with van der Waals surface area (Å²) in [5, 5.41) is 0. The van der Waals surface area contributed by atoms with Crippen molar-refractivity contribution in [2.75, 3.05) is 26.7 Å². The Kier molecular flexibility index (Phi) is 5.33. The van der Waals surface area contributed by atoms with Crippen LogP contribution >= 0.6 is 0 Å². The number of likely N-dealkylation sites (N-methyl/N-ethyl adjacent to an activating group) is 1. The fraction of sp³-hybridized carbons (Fsp3) is 0.500. The number of ether oxygens (including phenoxy) is 1. The van der Waals surface area contributed by atoms with E-state index in [1.54, 1.807) is 18.9 Å². The van der Waals surface area contributed by atoms with Gasteiger partial charge in [0, 0.05) is 20.1 Å². The van der Waals surface area contributed by atoms with E-state index in [4.69, 9.17) is 4.74 Å². The fourth-order valence-corrected chi connectivity index (χ4v) is 2.61. The highest BCUT2D eigenvalue weighted by molar-refractivity contribution is 5.84. The number of nitrogens with zero attached hydrogens (tertiary/aromatic N) is 2. The number of carbonyl (C=O) groups excluding carboxylic acids is 2. The van der Waals surface area contributed by atoms with E-state index in [2.05, 4.69) is 0 Å². The largest absolute Gasteiger partial charge is 0.465 e. The van der Waals surface area contributed by atoms with Crippen LogP contribution in [0, 0.1) is 0 Å². The molecule has 1 atom stereocenters. The second kappa shape index (κ2) is 7.22. The first-order valence-corrected chi connectivity index (χ1v) is 7.30. The normalized spacial score (nSPS) is 18.3. The van der Waals surface area contributed by atoms with Crippen molar-refractivity contribution in [3.05, 3.63) is 35.9 Å². The lowest BCUT2D eigenvalue weighted by Crippen LogP contribution is -2.43. The smallest absolute Gasteiger partial charge is 0.320 e. The Hall–Kier alpha value is -1.88. The maximum absolute atomic E-state index is 12.2. The molecule has 21 heavy (non-hydrogen) atoms. The molecule has 0 spiro atoms. The SMILES string of the molecule is CCOC(=O)CN(Cc1ccccc1)C1CCN(C)C1=O. The zero-order valence-corrected chi connectivity index (χ0v) is 12.6. The van der Waals surface area contributed by atoms with E-state index in [0.717, 1.165) is 18.5 Å². The quantitative estimate of drug-likeness (QED) is 0.741. The Morgan fingerprint density at radius 1 is 1.38 bits per heavy atom. The second-order valence-electron chi connectivity index (χ2n) is 5.26. The minimum absolute atomic E-state index is 0.0789. The van der Waals surface area contributed by atoms with Crippen LogP contribution in [0.25, 0.3) is 0 Å². The van der Waals surface area contributed by atoms with Gasteiger partial charge in [-0.1, -0.05) is 30.3 Å². The summed E-state index contributed by atoms with van der Waals surface area (Å²) in [6, 6.07) is 9.64. The predicted molar refractivity (Wildman–Crippen MR) is 79.5 cm³/mol. The second-order valence-corrected chi connectivity index (χ2v) is 5.26. The molecule has 1 fully saturated rings. The van der Waals surface area contributed by atoms with Gasteiger partial charge in [0.15, 0.2) is 0 Å². The summed E-state index contributed by atoms with van der Waals surface area (Å²) >= 11 is 0. The van der Waals surface area contributed by atoms with E-state index in [-0.39, 0.29) is 24.5 Å². The molecule has 1 unspecified atom stereocenters. The van der Waals surface area contributed by atoms with E-state index in [9.17, 15) is 9.59 Å². The first-order chi connectivity index (χ1) is 10.1. The van der Waals surface area contributed by atoms with Crippen LogP contribution in [0.1, 0.15) is 18.9 Å². The van der Waals surface area contributed by atoms with Gasteiger partial charge >= 0.3 is 5.97 Å². The van der Waals surface area contributed by atoms with E-state index >= 15 is 0 Å². The summed E-state index contributed by atoms with van der Waals surface area (Å²) in [6.45, 7) is 3.60. The van der Waals surface area contributed by atoms with Crippen LogP contribution in [0.2, 0.25) is 0 Å². The lowest BCUT2D eigenvalue weighted by molar-refractivity contribution is -0.146. The Labute approximate surface area is 125 Å². The number of rotatable bonds is 6. The van der Waals surface area contributed by atoms with Gasteiger partial charge in [0.2, 0.25) is 5.91 Å². The van der Waals surface area contributed by atoms with Crippen LogP contribution < -0.4 is 0 Å². The van der Waals surface area contributed by atoms with Crippen molar-refractivity contribution in [2.24, 2.45) is 0 Å². The van der Waals surface area contributed by atoms with E-state index in [1.165, 1.54) is 0 Å². The van der Waals surface area contributed by atoms with E-state index < -0.39 is 0 Å². The van der Waals surface area contributed by atoms with Crippen molar-refractivity contribution in [2.45, 2.75) is 25.9 Å². The van der Waals surface area contributed by atoms with Crippen LogP contribution in [-0.4, -0.2) is 54.5 Å². The summed E-state index contributed by atoms with van der Waals surface area (Å²) in [4.78, 5) is 27.6. The van der Waals surface area contributed by atoms with E-state index in [0.29, 0.717) is 13.2 Å². The first-order valence-electron chi connectivity index (χ1n) is 7.30. The lowest BCUT2D eigenvalue weighted by atomic mass is 10.1. The van der Waals surface area contributed by atoms with Gasteiger partial charge in [-0.25, -0.2) is 0 Å². The summed E-state index contributed by atoms with van der Waals surface area (Å²) in [7, 11) is 1.80. The topological polar surface area (TPSA) is 49.9 Å². The molecule has 0 N–H and O–H groups in total. The Balaban J connectivity index is 2.10. The molecule has 1 aromatic carbocycles. The average molecular weight is 290 g/mol. The number of likely N-dealkylation sites (tertiary alicyclic amines) is 1. The zero-order valence-electron chi connectivity index (χ0n) is 12.6. The maximum Gasteiger partial charge on any atom is 0.320 e. The molecular formula is C16H22N2O3.